The zero-order valence-corrected chi connectivity index (χ0v) is 10.3. The van der Waals surface area contributed by atoms with E-state index in [0.29, 0.717) is 0 Å². The number of nitrogens with zero attached hydrogens (tertiary/aromatic N) is 2. The van der Waals surface area contributed by atoms with E-state index in [1.54, 1.807) is 4.57 Å². The number of carboxylic acids is 1. The summed E-state index contributed by atoms with van der Waals surface area (Å²) < 4.78 is 15.0. The maximum atomic E-state index is 13.4. The van der Waals surface area contributed by atoms with Crippen LogP contribution in [0.1, 0.15) is 29.2 Å². The minimum absolute atomic E-state index is 0.0261. The number of fused-ring (bicyclic) bond motifs is 1. The van der Waals surface area contributed by atoms with Crippen LogP contribution in [-0.2, 0) is 0 Å². The van der Waals surface area contributed by atoms with Gasteiger partial charge in [0.25, 0.3) is 0 Å². The molecule has 0 aromatic carbocycles. The Kier molecular flexibility index (Phi) is 2.56. The third-order valence-electron chi connectivity index (χ3n) is 3.09. The van der Waals surface area contributed by atoms with E-state index >= 15 is 0 Å². The van der Waals surface area contributed by atoms with Gasteiger partial charge in [-0.15, -0.1) is 0 Å². The highest BCUT2D eigenvalue weighted by atomic mass is 35.5. The minimum Gasteiger partial charge on any atom is -0.477 e. The van der Waals surface area contributed by atoms with Gasteiger partial charge in [-0.2, -0.15) is 9.37 Å². The molecule has 0 radical (unpaired) electrons. The van der Waals surface area contributed by atoms with E-state index in [1.807, 2.05) is 0 Å². The highest BCUT2D eigenvalue weighted by Gasteiger charge is 2.27. The third-order valence-corrected chi connectivity index (χ3v) is 3.35. The molecule has 0 bridgehead atoms. The number of pyridine rings is 2. The van der Waals surface area contributed by atoms with Gasteiger partial charge in [0.05, 0.1) is 10.4 Å². The molecule has 7 heteroatoms. The van der Waals surface area contributed by atoms with Gasteiger partial charge in [-0.1, -0.05) is 11.6 Å². The van der Waals surface area contributed by atoms with Crippen molar-refractivity contribution in [3.8, 4) is 0 Å². The number of aromatic carboxylic acids is 1. The van der Waals surface area contributed by atoms with Crippen molar-refractivity contribution in [2.24, 2.45) is 0 Å². The molecule has 0 amide bonds. The molecule has 0 unspecified atom stereocenters. The predicted molar refractivity (Wildman–Crippen MR) is 66.2 cm³/mol. The van der Waals surface area contributed by atoms with Crippen LogP contribution in [0.15, 0.2) is 17.1 Å². The second-order valence-electron chi connectivity index (χ2n) is 4.45. The summed E-state index contributed by atoms with van der Waals surface area (Å²) in [4.78, 5) is 26.8. The van der Waals surface area contributed by atoms with Gasteiger partial charge in [-0.25, -0.2) is 4.79 Å². The molecule has 5 nitrogen and oxygen atoms in total. The summed E-state index contributed by atoms with van der Waals surface area (Å²) in [6, 6.07) is 1.20. The summed E-state index contributed by atoms with van der Waals surface area (Å²) in [5.41, 5.74) is -0.919. The van der Waals surface area contributed by atoms with Crippen LogP contribution >= 0.6 is 11.6 Å². The fourth-order valence-electron chi connectivity index (χ4n) is 2.01. The molecule has 0 saturated heterocycles. The first-order valence-electron chi connectivity index (χ1n) is 5.63. The maximum absolute atomic E-state index is 13.4. The van der Waals surface area contributed by atoms with Gasteiger partial charge >= 0.3 is 5.97 Å². The zero-order valence-electron chi connectivity index (χ0n) is 9.56. The fraction of sp³-hybridized carbons (Fsp3) is 0.250. The molecular formula is C12H8ClFN2O3. The number of carbonyl (C=O) groups is 1. The molecule has 1 N–H and O–H groups in total. The van der Waals surface area contributed by atoms with E-state index in [2.05, 4.69) is 4.98 Å². The van der Waals surface area contributed by atoms with Crippen molar-refractivity contribution in [3.63, 3.8) is 0 Å². The van der Waals surface area contributed by atoms with Gasteiger partial charge < -0.3 is 9.67 Å². The summed E-state index contributed by atoms with van der Waals surface area (Å²) in [5.74, 6) is -2.19. The van der Waals surface area contributed by atoms with Crippen molar-refractivity contribution < 1.29 is 14.3 Å². The molecule has 1 aliphatic carbocycles. The number of hydrogen-bond acceptors (Lipinski definition) is 3. The van der Waals surface area contributed by atoms with E-state index in [1.165, 1.54) is 6.20 Å². The molecule has 2 aromatic rings. The van der Waals surface area contributed by atoms with Crippen molar-refractivity contribution in [2.75, 3.05) is 0 Å². The summed E-state index contributed by atoms with van der Waals surface area (Å²) >= 11 is 5.61. The molecule has 2 aromatic heterocycles. The van der Waals surface area contributed by atoms with Crippen LogP contribution in [0, 0.1) is 5.95 Å². The van der Waals surface area contributed by atoms with Crippen LogP contribution in [0.5, 0.6) is 0 Å². The Balaban J connectivity index is 2.45. The van der Waals surface area contributed by atoms with Crippen LogP contribution in [0.25, 0.3) is 11.0 Å². The van der Waals surface area contributed by atoms with Crippen molar-refractivity contribution in [1.29, 1.82) is 0 Å². The Hall–Kier alpha value is -1.95. The first-order valence-corrected chi connectivity index (χ1v) is 6.01. The monoisotopic (exact) mass is 282 g/mol. The van der Waals surface area contributed by atoms with Crippen LogP contribution in [0.3, 0.4) is 0 Å². The van der Waals surface area contributed by atoms with Gasteiger partial charge in [-0.3, -0.25) is 4.79 Å². The van der Waals surface area contributed by atoms with E-state index < -0.39 is 17.3 Å². The SMILES string of the molecule is O=C(O)c1cn(C2CC2)c2nc(F)c(Cl)cc2c1=O. The van der Waals surface area contributed by atoms with E-state index in [4.69, 9.17) is 16.7 Å². The van der Waals surface area contributed by atoms with Crippen molar-refractivity contribution in [2.45, 2.75) is 18.9 Å². The minimum atomic E-state index is -1.32. The van der Waals surface area contributed by atoms with Crippen molar-refractivity contribution >= 4 is 28.6 Å². The zero-order chi connectivity index (χ0) is 13.7. The second kappa shape index (κ2) is 4.03. The molecule has 0 spiro atoms. The van der Waals surface area contributed by atoms with Gasteiger partial charge in [-0.05, 0) is 18.9 Å². The highest BCUT2D eigenvalue weighted by molar-refractivity contribution is 6.31. The largest absolute Gasteiger partial charge is 0.477 e. The topological polar surface area (TPSA) is 72.2 Å². The van der Waals surface area contributed by atoms with Crippen LogP contribution in [0.2, 0.25) is 5.02 Å². The Morgan fingerprint density at radius 3 is 2.79 bits per heavy atom. The summed E-state index contributed by atoms with van der Waals surface area (Å²) in [6.45, 7) is 0. The van der Waals surface area contributed by atoms with Crippen LogP contribution in [-0.4, -0.2) is 20.6 Å². The van der Waals surface area contributed by atoms with E-state index in [-0.39, 0.29) is 27.7 Å². The quantitative estimate of drug-likeness (QED) is 0.857. The molecule has 19 heavy (non-hydrogen) atoms. The van der Waals surface area contributed by atoms with Crippen molar-refractivity contribution in [1.82, 2.24) is 9.55 Å². The third kappa shape index (κ3) is 1.88. The smallest absolute Gasteiger partial charge is 0.341 e. The summed E-state index contributed by atoms with van der Waals surface area (Å²) in [5, 5.41) is 8.76. The first-order chi connectivity index (χ1) is 8.99. The molecule has 0 aliphatic heterocycles. The lowest BCUT2D eigenvalue weighted by atomic mass is 10.2. The second-order valence-corrected chi connectivity index (χ2v) is 4.85. The molecule has 1 aliphatic rings. The normalized spacial score (nSPS) is 14.8. The Morgan fingerprint density at radius 2 is 2.21 bits per heavy atom. The fourth-order valence-corrected chi connectivity index (χ4v) is 2.16. The first kappa shape index (κ1) is 12.1. The molecule has 1 saturated carbocycles. The molecule has 0 atom stereocenters. The van der Waals surface area contributed by atoms with E-state index in [0.717, 1.165) is 18.9 Å². The number of halogens is 2. The van der Waals surface area contributed by atoms with Gasteiger partial charge in [0.1, 0.15) is 11.2 Å². The predicted octanol–water partition coefficient (Wildman–Crippen LogP) is 2.22. The number of aromatic nitrogens is 2. The van der Waals surface area contributed by atoms with E-state index in [9.17, 15) is 14.0 Å². The molecule has 98 valence electrons. The number of rotatable bonds is 2. The standard InChI is InChI=1S/C12H8ClFN2O3/c13-8-3-6-9(17)7(12(18)19)4-16(5-1-2-5)11(6)15-10(8)14/h3-5H,1-2H2,(H,18,19). The Morgan fingerprint density at radius 1 is 1.53 bits per heavy atom. The molecule has 3 rings (SSSR count). The Labute approximate surface area is 111 Å². The van der Waals surface area contributed by atoms with Gasteiger partial charge in [0, 0.05) is 12.2 Å². The summed E-state index contributed by atoms with van der Waals surface area (Å²) in [7, 11) is 0. The summed E-state index contributed by atoms with van der Waals surface area (Å²) in [6.07, 6.45) is 2.93. The lowest BCUT2D eigenvalue weighted by molar-refractivity contribution is 0.0695. The molecular weight excluding hydrogens is 275 g/mol. The number of carboxylic acid groups (broad SMARTS) is 1. The van der Waals surface area contributed by atoms with Crippen LogP contribution < -0.4 is 5.43 Å². The lowest BCUT2D eigenvalue weighted by Crippen LogP contribution is -2.19. The Bertz CT molecular complexity index is 768. The lowest BCUT2D eigenvalue weighted by Gasteiger charge is -2.10. The highest BCUT2D eigenvalue weighted by Crippen LogP contribution is 2.36. The van der Waals surface area contributed by atoms with Gasteiger partial charge in [0.15, 0.2) is 0 Å². The molecule has 1 fully saturated rings. The number of hydrogen-bond donors (Lipinski definition) is 1. The maximum Gasteiger partial charge on any atom is 0.341 e. The average molecular weight is 283 g/mol. The van der Waals surface area contributed by atoms with Crippen LogP contribution in [0.4, 0.5) is 4.39 Å². The van der Waals surface area contributed by atoms with Gasteiger partial charge in [0.2, 0.25) is 11.4 Å². The van der Waals surface area contributed by atoms with Crippen molar-refractivity contribution in [3.05, 3.63) is 39.0 Å². The average Bonchev–Trinajstić information content (AvgIpc) is 3.16. The molecule has 2 heterocycles.